The minimum atomic E-state index is -3.40. The Bertz CT molecular complexity index is 843. The van der Waals surface area contributed by atoms with Crippen LogP contribution in [0.4, 0.5) is 0 Å². The molecule has 0 radical (unpaired) electrons. The zero-order chi connectivity index (χ0) is 18.5. The minimum Gasteiger partial charge on any atom is -0.457 e. The zero-order valence-corrected chi connectivity index (χ0v) is 15.4. The summed E-state index contributed by atoms with van der Waals surface area (Å²) in [5, 5.41) is 0. The molecule has 0 unspecified atom stereocenters. The van der Waals surface area contributed by atoms with Crippen LogP contribution in [-0.2, 0) is 25.1 Å². The maximum absolute atomic E-state index is 12.4. The fourth-order valence-corrected chi connectivity index (χ4v) is 3.51. The van der Waals surface area contributed by atoms with Crippen LogP contribution in [-0.4, -0.2) is 20.0 Å². The van der Waals surface area contributed by atoms with E-state index in [1.165, 1.54) is 6.08 Å². The van der Waals surface area contributed by atoms with E-state index >= 15 is 0 Å². The lowest BCUT2D eigenvalue weighted by atomic mass is 10.2. The number of carbonyl (C=O) groups excluding carboxylic acids is 1. The molecule has 0 heterocycles. The molecule has 0 aliphatic heterocycles. The highest BCUT2D eigenvalue weighted by atomic mass is 32.2. The minimum absolute atomic E-state index is 0.0407. The van der Waals surface area contributed by atoms with Crippen molar-refractivity contribution in [1.82, 2.24) is 0 Å². The monoisotopic (exact) mass is 358 g/mol. The molecule has 0 N–H and O–H groups in total. The lowest BCUT2D eigenvalue weighted by Crippen LogP contribution is -2.22. The van der Waals surface area contributed by atoms with Crippen LogP contribution in [0, 0.1) is 0 Å². The molecule has 0 aliphatic carbocycles. The second-order valence-corrected chi connectivity index (χ2v) is 8.67. The summed E-state index contributed by atoms with van der Waals surface area (Å²) >= 11 is 0. The fraction of sp³-hybridized carbons (Fsp3) is 0.250. The standard InChI is InChI=1S/C20H22O4S/c1-20(2,3)24-19(21)14-11-16-9-12-18(13-10-16)25(22,23)15-17-7-5-4-6-8-17/h4-14H,15H2,1-3H3. The Morgan fingerprint density at radius 2 is 1.60 bits per heavy atom. The summed E-state index contributed by atoms with van der Waals surface area (Å²) in [4.78, 5) is 11.9. The van der Waals surface area contributed by atoms with Crippen LogP contribution < -0.4 is 0 Å². The van der Waals surface area contributed by atoms with Gasteiger partial charge in [-0.2, -0.15) is 0 Å². The van der Waals surface area contributed by atoms with Crippen LogP contribution >= 0.6 is 0 Å². The van der Waals surface area contributed by atoms with E-state index in [1.54, 1.807) is 63.2 Å². The van der Waals surface area contributed by atoms with Crippen molar-refractivity contribution in [3.63, 3.8) is 0 Å². The first-order valence-corrected chi connectivity index (χ1v) is 9.59. The summed E-state index contributed by atoms with van der Waals surface area (Å²) in [7, 11) is -3.40. The molecule has 132 valence electrons. The molecule has 5 heteroatoms. The Hall–Kier alpha value is -2.40. The number of carbonyl (C=O) groups is 1. The van der Waals surface area contributed by atoms with Gasteiger partial charge in [-0.25, -0.2) is 13.2 Å². The van der Waals surface area contributed by atoms with Crippen molar-refractivity contribution in [2.24, 2.45) is 0 Å². The lowest BCUT2D eigenvalue weighted by molar-refractivity contribution is -0.148. The van der Waals surface area contributed by atoms with Crippen molar-refractivity contribution in [3.05, 3.63) is 71.8 Å². The quantitative estimate of drug-likeness (QED) is 0.598. The first-order chi connectivity index (χ1) is 11.7. The molecule has 0 aromatic heterocycles. The third-order valence-corrected chi connectivity index (χ3v) is 4.96. The predicted molar refractivity (Wildman–Crippen MR) is 98.7 cm³/mol. The highest BCUT2D eigenvalue weighted by Gasteiger charge is 2.15. The number of esters is 1. The van der Waals surface area contributed by atoms with Crippen LogP contribution in [0.1, 0.15) is 31.9 Å². The van der Waals surface area contributed by atoms with Crippen LogP contribution in [0.5, 0.6) is 0 Å². The molecule has 4 nitrogen and oxygen atoms in total. The maximum atomic E-state index is 12.4. The van der Waals surface area contributed by atoms with Crippen molar-refractivity contribution in [2.75, 3.05) is 0 Å². The van der Waals surface area contributed by atoms with Gasteiger partial charge < -0.3 is 4.74 Å². The number of rotatable bonds is 5. The summed E-state index contributed by atoms with van der Waals surface area (Å²) in [6.45, 7) is 5.39. The van der Waals surface area contributed by atoms with Gasteiger partial charge in [-0.1, -0.05) is 42.5 Å². The van der Waals surface area contributed by atoms with Crippen molar-refractivity contribution in [3.8, 4) is 0 Å². The normalized spacial score (nSPS) is 12.3. The van der Waals surface area contributed by atoms with Gasteiger partial charge in [-0.15, -0.1) is 0 Å². The van der Waals surface area contributed by atoms with Gasteiger partial charge in [-0.05, 0) is 50.1 Å². The van der Waals surface area contributed by atoms with Gasteiger partial charge in [-0.3, -0.25) is 0 Å². The van der Waals surface area contributed by atoms with Gasteiger partial charge in [0.1, 0.15) is 5.60 Å². The van der Waals surface area contributed by atoms with Gasteiger partial charge >= 0.3 is 5.97 Å². The average molecular weight is 358 g/mol. The van der Waals surface area contributed by atoms with Gasteiger partial charge in [0.2, 0.25) is 0 Å². The maximum Gasteiger partial charge on any atom is 0.331 e. The molecule has 2 rings (SSSR count). The summed E-state index contributed by atoms with van der Waals surface area (Å²) < 4.78 is 30.1. The number of benzene rings is 2. The van der Waals surface area contributed by atoms with E-state index in [1.807, 2.05) is 18.2 Å². The van der Waals surface area contributed by atoms with E-state index in [2.05, 4.69) is 0 Å². The highest BCUT2D eigenvalue weighted by molar-refractivity contribution is 7.90. The predicted octanol–water partition coefficient (Wildman–Crippen LogP) is 4.02. The molecular weight excluding hydrogens is 336 g/mol. The molecule has 0 aliphatic rings. The highest BCUT2D eigenvalue weighted by Crippen LogP contribution is 2.18. The molecule has 25 heavy (non-hydrogen) atoms. The van der Waals surface area contributed by atoms with Crippen molar-refractivity contribution in [2.45, 2.75) is 37.0 Å². The first kappa shape index (κ1) is 18.9. The van der Waals surface area contributed by atoms with Crippen molar-refractivity contribution in [1.29, 1.82) is 0 Å². The largest absolute Gasteiger partial charge is 0.457 e. The van der Waals surface area contributed by atoms with E-state index < -0.39 is 21.4 Å². The molecule has 0 amide bonds. The van der Waals surface area contributed by atoms with Crippen LogP contribution in [0.2, 0.25) is 0 Å². The van der Waals surface area contributed by atoms with Crippen LogP contribution in [0.25, 0.3) is 6.08 Å². The Balaban J connectivity index is 2.07. The van der Waals surface area contributed by atoms with Crippen LogP contribution in [0.3, 0.4) is 0 Å². The van der Waals surface area contributed by atoms with Crippen molar-refractivity contribution >= 4 is 21.9 Å². The molecule has 0 fully saturated rings. The van der Waals surface area contributed by atoms with E-state index in [0.717, 1.165) is 11.1 Å². The molecule has 0 atom stereocenters. The number of hydrogen-bond donors (Lipinski definition) is 0. The zero-order valence-electron chi connectivity index (χ0n) is 14.6. The topological polar surface area (TPSA) is 60.4 Å². The van der Waals surface area contributed by atoms with Gasteiger partial charge in [0.25, 0.3) is 0 Å². The Labute approximate surface area is 149 Å². The summed E-state index contributed by atoms with van der Waals surface area (Å²) in [5.41, 5.74) is 0.928. The van der Waals surface area contributed by atoms with E-state index in [4.69, 9.17) is 4.74 Å². The fourth-order valence-electron chi connectivity index (χ4n) is 2.16. The molecule has 2 aromatic rings. The Morgan fingerprint density at radius 3 is 2.16 bits per heavy atom. The molecule has 0 spiro atoms. The number of ether oxygens (including phenoxy) is 1. The van der Waals surface area contributed by atoms with Gasteiger partial charge in [0.05, 0.1) is 10.6 Å². The van der Waals surface area contributed by atoms with E-state index in [-0.39, 0.29) is 10.6 Å². The second-order valence-electron chi connectivity index (χ2n) is 6.68. The van der Waals surface area contributed by atoms with E-state index in [0.29, 0.717) is 0 Å². The lowest BCUT2D eigenvalue weighted by Gasteiger charge is -2.17. The van der Waals surface area contributed by atoms with Gasteiger partial charge in [0, 0.05) is 6.08 Å². The Morgan fingerprint density at radius 1 is 1.00 bits per heavy atom. The third kappa shape index (κ3) is 6.19. The molecule has 0 bridgehead atoms. The average Bonchev–Trinajstić information content (AvgIpc) is 2.52. The SMILES string of the molecule is CC(C)(C)OC(=O)C=Cc1ccc(S(=O)(=O)Cc2ccccc2)cc1. The van der Waals surface area contributed by atoms with E-state index in [9.17, 15) is 13.2 Å². The number of hydrogen-bond acceptors (Lipinski definition) is 4. The summed E-state index contributed by atoms with van der Waals surface area (Å²) in [5.74, 6) is -0.478. The Kier molecular flexibility index (Phi) is 5.80. The number of sulfone groups is 1. The second kappa shape index (κ2) is 7.66. The summed E-state index contributed by atoms with van der Waals surface area (Å²) in [6, 6.07) is 15.5. The molecular formula is C20H22O4S. The summed E-state index contributed by atoms with van der Waals surface area (Å²) in [6.07, 6.45) is 2.93. The third-order valence-electron chi connectivity index (χ3n) is 3.26. The molecule has 0 saturated heterocycles. The van der Waals surface area contributed by atoms with Gasteiger partial charge in [0.15, 0.2) is 9.84 Å². The first-order valence-electron chi connectivity index (χ1n) is 7.93. The van der Waals surface area contributed by atoms with Crippen LogP contribution in [0.15, 0.2) is 65.6 Å². The van der Waals surface area contributed by atoms with Crippen molar-refractivity contribution < 1.29 is 17.9 Å². The molecule has 0 saturated carbocycles. The molecule has 2 aromatic carbocycles. The smallest absolute Gasteiger partial charge is 0.331 e.